The average Bonchev–Trinajstić information content (AvgIpc) is 3.05. The number of rotatable bonds is 1. The molecular weight excluding hydrogens is 262 g/mol. The van der Waals surface area contributed by atoms with Crippen molar-refractivity contribution in [2.24, 2.45) is 29.1 Å². The Hall–Kier alpha value is -1.90. The fourth-order valence-corrected chi connectivity index (χ4v) is 5.10. The molecule has 3 fully saturated rings. The number of imide groups is 1. The van der Waals surface area contributed by atoms with E-state index < -0.39 is 0 Å². The smallest absolute Gasteiger partial charge is 0.238 e. The molecule has 3 heteroatoms. The molecule has 5 rings (SSSR count). The van der Waals surface area contributed by atoms with Gasteiger partial charge in [0, 0.05) is 0 Å². The van der Waals surface area contributed by atoms with Crippen molar-refractivity contribution in [3.8, 4) is 0 Å². The first-order valence-electron chi connectivity index (χ1n) is 7.76. The highest BCUT2D eigenvalue weighted by Crippen LogP contribution is 2.73. The molecule has 1 aromatic rings. The number of nitrogens with zero attached hydrogens (tertiary/aromatic N) is 1. The van der Waals surface area contributed by atoms with Gasteiger partial charge in [-0.15, -0.1) is 0 Å². The first kappa shape index (κ1) is 11.7. The maximum atomic E-state index is 12.9. The van der Waals surface area contributed by atoms with Crippen molar-refractivity contribution in [1.29, 1.82) is 0 Å². The number of benzene rings is 1. The van der Waals surface area contributed by atoms with Crippen LogP contribution < -0.4 is 4.90 Å². The van der Waals surface area contributed by atoms with E-state index in [9.17, 15) is 9.59 Å². The van der Waals surface area contributed by atoms with Crippen molar-refractivity contribution in [3.05, 3.63) is 42.0 Å². The van der Waals surface area contributed by atoms with Gasteiger partial charge in [-0.2, -0.15) is 0 Å². The number of hydrogen-bond acceptors (Lipinski definition) is 2. The monoisotopic (exact) mass is 279 g/mol. The van der Waals surface area contributed by atoms with Gasteiger partial charge >= 0.3 is 0 Å². The number of allylic oxidation sites excluding steroid dienone is 2. The molecule has 4 aliphatic rings. The fraction of sp³-hybridized carbons (Fsp3) is 0.444. The van der Waals surface area contributed by atoms with E-state index in [-0.39, 0.29) is 29.1 Å². The Morgan fingerprint density at radius 1 is 1.05 bits per heavy atom. The van der Waals surface area contributed by atoms with Crippen molar-refractivity contribution in [2.75, 3.05) is 4.90 Å². The summed E-state index contributed by atoms with van der Waals surface area (Å²) in [6.45, 7) is 1.99. The van der Waals surface area contributed by atoms with Crippen LogP contribution in [-0.2, 0) is 9.59 Å². The topological polar surface area (TPSA) is 37.4 Å². The van der Waals surface area contributed by atoms with Crippen LogP contribution in [0.5, 0.6) is 0 Å². The zero-order chi connectivity index (χ0) is 14.4. The SMILES string of the molecule is Cc1cccc(N2C(=O)[C@@H]3[C@H](C2=O)[C@H]2C=C[C@H]3C23CC3)c1. The van der Waals surface area contributed by atoms with Crippen LogP contribution in [0.15, 0.2) is 36.4 Å². The first-order chi connectivity index (χ1) is 10.1. The molecule has 0 N–H and O–H groups in total. The van der Waals surface area contributed by atoms with Gasteiger partial charge in [0.05, 0.1) is 17.5 Å². The van der Waals surface area contributed by atoms with Gasteiger partial charge in [-0.3, -0.25) is 14.5 Å². The Labute approximate surface area is 123 Å². The van der Waals surface area contributed by atoms with Crippen molar-refractivity contribution < 1.29 is 9.59 Å². The summed E-state index contributed by atoms with van der Waals surface area (Å²) in [5.74, 6) is 0.459. The molecule has 1 aromatic carbocycles. The number of carbonyl (C=O) groups is 2. The normalized spacial score (nSPS) is 37.7. The summed E-state index contributed by atoms with van der Waals surface area (Å²) in [6.07, 6.45) is 6.80. The summed E-state index contributed by atoms with van der Waals surface area (Å²) >= 11 is 0. The van der Waals surface area contributed by atoms with E-state index in [0.717, 1.165) is 11.3 Å². The van der Waals surface area contributed by atoms with E-state index in [1.807, 2.05) is 31.2 Å². The summed E-state index contributed by atoms with van der Waals surface area (Å²) in [7, 11) is 0. The van der Waals surface area contributed by atoms with Crippen LogP contribution in [0.1, 0.15) is 18.4 Å². The second-order valence-electron chi connectivity index (χ2n) is 7.07. The van der Waals surface area contributed by atoms with Crippen LogP contribution in [0.2, 0.25) is 0 Å². The largest absolute Gasteiger partial charge is 0.274 e. The quantitative estimate of drug-likeness (QED) is 0.585. The van der Waals surface area contributed by atoms with Crippen LogP contribution in [0.3, 0.4) is 0 Å². The van der Waals surface area contributed by atoms with E-state index in [4.69, 9.17) is 0 Å². The van der Waals surface area contributed by atoms with Crippen molar-refractivity contribution in [2.45, 2.75) is 19.8 Å². The second-order valence-corrected chi connectivity index (χ2v) is 7.07. The lowest BCUT2D eigenvalue weighted by molar-refractivity contribution is -0.123. The molecular formula is C18H17NO2. The van der Waals surface area contributed by atoms with Crippen LogP contribution in [0.25, 0.3) is 0 Å². The molecule has 3 aliphatic carbocycles. The van der Waals surface area contributed by atoms with Crippen LogP contribution >= 0.6 is 0 Å². The Bertz CT molecular complexity index is 682. The number of fused-ring (bicyclic) bond motifs is 3. The zero-order valence-electron chi connectivity index (χ0n) is 12.0. The predicted octanol–water partition coefficient (Wildman–Crippen LogP) is 2.70. The minimum Gasteiger partial charge on any atom is -0.274 e. The molecule has 0 aromatic heterocycles. The third-order valence-electron chi connectivity index (χ3n) is 6.11. The lowest BCUT2D eigenvalue weighted by atomic mass is 9.85. The lowest BCUT2D eigenvalue weighted by Crippen LogP contribution is -2.34. The zero-order valence-corrected chi connectivity index (χ0v) is 12.0. The Balaban J connectivity index is 1.59. The maximum Gasteiger partial charge on any atom is 0.238 e. The Morgan fingerprint density at radius 2 is 1.67 bits per heavy atom. The molecule has 21 heavy (non-hydrogen) atoms. The molecule has 1 spiro atoms. The molecule has 2 saturated carbocycles. The van der Waals surface area contributed by atoms with Crippen molar-refractivity contribution in [3.63, 3.8) is 0 Å². The lowest BCUT2D eigenvalue weighted by Gasteiger charge is -2.21. The number of carbonyl (C=O) groups excluding carboxylic acids is 2. The molecule has 1 heterocycles. The predicted molar refractivity (Wildman–Crippen MR) is 78.4 cm³/mol. The maximum absolute atomic E-state index is 12.9. The van der Waals surface area contributed by atoms with Crippen LogP contribution in [0, 0.1) is 36.0 Å². The average molecular weight is 279 g/mol. The highest BCUT2D eigenvalue weighted by molar-refractivity contribution is 6.23. The standard InChI is InChI=1S/C18H17NO2/c1-10-3-2-4-11(9-10)19-16(20)14-12-5-6-13(15(14)17(19)21)18(12)7-8-18/h2-6,9,12-15H,7-8H2,1H3/t12-,13-,14-,15+/m1/s1. The Morgan fingerprint density at radius 3 is 2.19 bits per heavy atom. The number of aryl methyl sites for hydroxylation is 1. The number of hydrogen-bond donors (Lipinski definition) is 0. The highest BCUT2D eigenvalue weighted by Gasteiger charge is 2.73. The van der Waals surface area contributed by atoms with Gasteiger partial charge < -0.3 is 0 Å². The third-order valence-corrected chi connectivity index (χ3v) is 6.11. The summed E-state index contributed by atoms with van der Waals surface area (Å²) in [6, 6.07) is 7.69. The van der Waals surface area contributed by atoms with Gasteiger partial charge in [-0.25, -0.2) is 0 Å². The third kappa shape index (κ3) is 1.22. The van der Waals surface area contributed by atoms with Gasteiger partial charge in [0.2, 0.25) is 11.8 Å². The van der Waals surface area contributed by atoms with E-state index in [1.54, 1.807) is 0 Å². The van der Waals surface area contributed by atoms with Crippen LogP contribution in [-0.4, -0.2) is 11.8 Å². The molecule has 1 aliphatic heterocycles. The van der Waals surface area contributed by atoms with E-state index in [0.29, 0.717) is 11.8 Å². The molecule has 4 atom stereocenters. The van der Waals surface area contributed by atoms with Gasteiger partial charge in [-0.05, 0) is 54.7 Å². The van der Waals surface area contributed by atoms with Crippen molar-refractivity contribution in [1.82, 2.24) is 0 Å². The second kappa shape index (κ2) is 3.46. The Kier molecular flexibility index (Phi) is 1.93. The summed E-state index contributed by atoms with van der Waals surface area (Å²) in [4.78, 5) is 27.2. The molecule has 106 valence electrons. The van der Waals surface area contributed by atoms with Gasteiger partial charge in [0.25, 0.3) is 0 Å². The molecule has 1 saturated heterocycles. The summed E-state index contributed by atoms with van der Waals surface area (Å²) in [5.41, 5.74) is 2.09. The minimum absolute atomic E-state index is 0.0266. The molecule has 0 radical (unpaired) electrons. The fourth-order valence-electron chi connectivity index (χ4n) is 5.10. The van der Waals surface area contributed by atoms with E-state index in [2.05, 4.69) is 12.2 Å². The molecule has 2 bridgehead atoms. The molecule has 3 nitrogen and oxygen atoms in total. The molecule has 0 unspecified atom stereocenters. The highest BCUT2D eigenvalue weighted by atomic mass is 16.2. The van der Waals surface area contributed by atoms with Gasteiger partial charge in [0.15, 0.2) is 0 Å². The first-order valence-corrected chi connectivity index (χ1v) is 7.76. The van der Waals surface area contributed by atoms with E-state index in [1.165, 1.54) is 17.7 Å². The van der Waals surface area contributed by atoms with Crippen LogP contribution in [0.4, 0.5) is 5.69 Å². The number of anilines is 1. The summed E-state index contributed by atoms with van der Waals surface area (Å²) in [5, 5.41) is 0. The van der Waals surface area contributed by atoms with Gasteiger partial charge in [-0.1, -0.05) is 24.3 Å². The van der Waals surface area contributed by atoms with E-state index >= 15 is 0 Å². The van der Waals surface area contributed by atoms with Gasteiger partial charge in [0.1, 0.15) is 0 Å². The van der Waals surface area contributed by atoms with Crippen molar-refractivity contribution >= 4 is 17.5 Å². The summed E-state index contributed by atoms with van der Waals surface area (Å²) < 4.78 is 0. The number of amides is 2. The minimum atomic E-state index is -0.101. The molecule has 2 amide bonds.